The lowest BCUT2D eigenvalue weighted by atomic mass is 9.88. The lowest BCUT2D eigenvalue weighted by Crippen LogP contribution is -2.16. The number of nitrogens with zero attached hydrogens (tertiary/aromatic N) is 1. The van der Waals surface area contributed by atoms with Crippen LogP contribution in [0.15, 0.2) is 108 Å². The van der Waals surface area contributed by atoms with Crippen molar-refractivity contribution in [2.45, 2.75) is 12.3 Å². The molecule has 5 nitrogen and oxygen atoms in total. The van der Waals surface area contributed by atoms with Gasteiger partial charge in [0.25, 0.3) is 0 Å². The summed E-state index contributed by atoms with van der Waals surface area (Å²) >= 11 is 0. The molecule has 0 aliphatic carbocycles. The van der Waals surface area contributed by atoms with Crippen LogP contribution in [0.25, 0.3) is 22.6 Å². The van der Waals surface area contributed by atoms with E-state index in [1.807, 2.05) is 78.9 Å². The molecule has 0 fully saturated rings. The van der Waals surface area contributed by atoms with Gasteiger partial charge in [-0.3, -0.25) is 4.79 Å². The van der Waals surface area contributed by atoms with Gasteiger partial charge in [0.2, 0.25) is 11.8 Å². The smallest absolute Gasteiger partial charge is 0.227 e. The Hall–Kier alpha value is -4.38. The number of oxazole rings is 1. The molecule has 1 N–H and O–H groups in total. The van der Waals surface area contributed by atoms with Crippen LogP contribution in [0.4, 0.5) is 5.69 Å². The van der Waals surface area contributed by atoms with Gasteiger partial charge < -0.3 is 14.5 Å². The molecule has 0 unspecified atom stereocenters. The number of amides is 1. The maximum absolute atomic E-state index is 13.0. The van der Waals surface area contributed by atoms with E-state index in [1.165, 1.54) is 0 Å². The van der Waals surface area contributed by atoms with Gasteiger partial charge in [0.1, 0.15) is 11.3 Å². The van der Waals surface area contributed by atoms with Crippen molar-refractivity contribution in [1.82, 2.24) is 4.98 Å². The number of aromatic nitrogens is 1. The van der Waals surface area contributed by atoms with Crippen LogP contribution in [-0.2, 0) is 4.79 Å². The lowest BCUT2D eigenvalue weighted by molar-refractivity contribution is -0.116. The molecule has 1 heterocycles. The zero-order chi connectivity index (χ0) is 23.3. The maximum Gasteiger partial charge on any atom is 0.227 e. The molecule has 0 spiro atoms. The summed E-state index contributed by atoms with van der Waals surface area (Å²) in [7, 11) is 1.63. The second-order valence-corrected chi connectivity index (χ2v) is 8.06. The van der Waals surface area contributed by atoms with Crippen LogP contribution < -0.4 is 10.1 Å². The summed E-state index contributed by atoms with van der Waals surface area (Å²) in [6.07, 6.45) is 0.333. The molecule has 4 aromatic carbocycles. The van der Waals surface area contributed by atoms with Crippen molar-refractivity contribution in [3.8, 4) is 17.2 Å². The largest absolute Gasteiger partial charge is 0.497 e. The fraction of sp³-hybridized carbons (Fsp3) is 0.103. The van der Waals surface area contributed by atoms with E-state index in [0.717, 1.165) is 28.0 Å². The molecule has 5 rings (SSSR count). The first-order chi connectivity index (χ1) is 16.7. The molecule has 5 heteroatoms. The molecule has 0 bridgehead atoms. The van der Waals surface area contributed by atoms with Gasteiger partial charge in [-0.1, -0.05) is 60.7 Å². The Morgan fingerprint density at radius 3 is 2.15 bits per heavy atom. The van der Waals surface area contributed by atoms with E-state index in [2.05, 4.69) is 34.6 Å². The summed E-state index contributed by atoms with van der Waals surface area (Å²) in [5.41, 5.74) is 5.10. The number of carbonyl (C=O) groups is 1. The predicted octanol–water partition coefficient (Wildman–Crippen LogP) is 6.66. The topological polar surface area (TPSA) is 64.4 Å². The van der Waals surface area contributed by atoms with Crippen molar-refractivity contribution in [3.63, 3.8) is 0 Å². The second-order valence-electron chi connectivity index (χ2n) is 8.06. The molecular formula is C29H24N2O3. The average molecular weight is 449 g/mol. The van der Waals surface area contributed by atoms with Gasteiger partial charge in [-0.25, -0.2) is 4.98 Å². The van der Waals surface area contributed by atoms with Gasteiger partial charge in [0.05, 0.1) is 7.11 Å². The Morgan fingerprint density at radius 1 is 0.882 bits per heavy atom. The normalized spacial score (nSPS) is 11.0. The maximum atomic E-state index is 13.0. The van der Waals surface area contributed by atoms with E-state index in [9.17, 15) is 4.79 Å². The summed E-state index contributed by atoms with van der Waals surface area (Å²) in [5.74, 6) is 1.20. The number of methoxy groups -OCH3 is 1. The molecule has 0 saturated carbocycles. The standard InChI is InChI=1S/C29H24N2O3/c1-33-24-15-12-22(13-16-24)29-31-26-17-14-23(18-27(26)34-29)30-28(32)19-25(20-8-4-2-5-9-20)21-10-6-3-7-11-21/h2-18,25H,19H2,1H3,(H,30,32). The van der Waals surface area contributed by atoms with Crippen molar-refractivity contribution in [3.05, 3.63) is 114 Å². The number of fused-ring (bicyclic) bond motifs is 1. The first kappa shape index (κ1) is 21.5. The summed E-state index contributed by atoms with van der Waals surface area (Å²) in [5, 5.41) is 3.02. The first-order valence-corrected chi connectivity index (χ1v) is 11.1. The molecule has 0 atom stereocenters. The van der Waals surface area contributed by atoms with E-state index in [-0.39, 0.29) is 11.8 Å². The number of rotatable bonds is 7. The third-order valence-electron chi connectivity index (χ3n) is 5.80. The van der Waals surface area contributed by atoms with Crippen LogP contribution in [0.5, 0.6) is 5.75 Å². The lowest BCUT2D eigenvalue weighted by Gasteiger charge is -2.18. The van der Waals surface area contributed by atoms with Gasteiger partial charge in [0, 0.05) is 29.7 Å². The molecular weight excluding hydrogens is 424 g/mol. The minimum atomic E-state index is -0.0630. The van der Waals surface area contributed by atoms with Crippen molar-refractivity contribution in [2.24, 2.45) is 0 Å². The van der Waals surface area contributed by atoms with Gasteiger partial charge in [-0.2, -0.15) is 0 Å². The Labute approximate surface area is 198 Å². The van der Waals surface area contributed by atoms with Gasteiger partial charge in [0.15, 0.2) is 5.58 Å². The predicted molar refractivity (Wildman–Crippen MR) is 134 cm³/mol. The molecule has 0 saturated heterocycles. The number of carbonyl (C=O) groups excluding carboxylic acids is 1. The Kier molecular flexibility index (Phi) is 6.08. The monoisotopic (exact) mass is 448 g/mol. The Morgan fingerprint density at radius 2 is 1.53 bits per heavy atom. The average Bonchev–Trinajstić information content (AvgIpc) is 3.32. The third-order valence-corrected chi connectivity index (χ3v) is 5.80. The third kappa shape index (κ3) is 4.69. The van der Waals surface area contributed by atoms with Crippen molar-refractivity contribution in [2.75, 3.05) is 12.4 Å². The van der Waals surface area contributed by atoms with E-state index < -0.39 is 0 Å². The highest BCUT2D eigenvalue weighted by Crippen LogP contribution is 2.30. The number of nitrogens with one attached hydrogen (secondary N) is 1. The number of ether oxygens (including phenoxy) is 1. The van der Waals surface area contributed by atoms with E-state index in [4.69, 9.17) is 9.15 Å². The fourth-order valence-corrected chi connectivity index (χ4v) is 4.06. The summed E-state index contributed by atoms with van der Waals surface area (Å²) < 4.78 is 11.2. The highest BCUT2D eigenvalue weighted by molar-refractivity contribution is 5.93. The van der Waals surface area contributed by atoms with Crippen LogP contribution in [0.1, 0.15) is 23.5 Å². The van der Waals surface area contributed by atoms with Crippen LogP contribution in [0.2, 0.25) is 0 Å². The zero-order valence-corrected chi connectivity index (χ0v) is 18.8. The molecule has 168 valence electrons. The highest BCUT2D eigenvalue weighted by Gasteiger charge is 2.18. The number of hydrogen-bond donors (Lipinski definition) is 1. The Bertz CT molecular complexity index is 1350. The number of benzene rings is 4. The molecule has 0 aliphatic rings. The van der Waals surface area contributed by atoms with Crippen LogP contribution in [0, 0.1) is 0 Å². The molecule has 0 aliphatic heterocycles. The molecule has 1 amide bonds. The number of hydrogen-bond acceptors (Lipinski definition) is 4. The van der Waals surface area contributed by atoms with E-state index in [0.29, 0.717) is 23.6 Å². The van der Waals surface area contributed by atoms with Crippen LogP contribution in [-0.4, -0.2) is 18.0 Å². The minimum Gasteiger partial charge on any atom is -0.497 e. The van der Waals surface area contributed by atoms with E-state index >= 15 is 0 Å². The Balaban J connectivity index is 1.35. The highest BCUT2D eigenvalue weighted by atomic mass is 16.5. The number of anilines is 1. The van der Waals surface area contributed by atoms with Crippen molar-refractivity contribution in [1.29, 1.82) is 0 Å². The SMILES string of the molecule is COc1ccc(-c2nc3ccc(NC(=O)CC(c4ccccc4)c4ccccc4)cc3o2)cc1. The second kappa shape index (κ2) is 9.63. The fourth-order valence-electron chi connectivity index (χ4n) is 4.06. The minimum absolute atomic E-state index is 0.0296. The first-order valence-electron chi connectivity index (χ1n) is 11.1. The van der Waals surface area contributed by atoms with Crippen molar-refractivity contribution < 1.29 is 13.9 Å². The van der Waals surface area contributed by atoms with Crippen LogP contribution in [0.3, 0.4) is 0 Å². The zero-order valence-electron chi connectivity index (χ0n) is 18.8. The summed E-state index contributed by atoms with van der Waals surface area (Å²) in [4.78, 5) is 17.6. The quantitative estimate of drug-likeness (QED) is 0.302. The van der Waals surface area contributed by atoms with E-state index in [1.54, 1.807) is 7.11 Å². The molecule has 0 radical (unpaired) electrons. The molecule has 34 heavy (non-hydrogen) atoms. The summed E-state index contributed by atoms with van der Waals surface area (Å²) in [6.45, 7) is 0. The van der Waals surface area contributed by atoms with Gasteiger partial charge in [-0.05, 0) is 47.5 Å². The van der Waals surface area contributed by atoms with Crippen LogP contribution >= 0.6 is 0 Å². The summed E-state index contributed by atoms with van der Waals surface area (Å²) in [6, 6.07) is 33.3. The molecule has 1 aromatic heterocycles. The van der Waals surface area contributed by atoms with Gasteiger partial charge in [-0.15, -0.1) is 0 Å². The van der Waals surface area contributed by atoms with Crippen molar-refractivity contribution >= 4 is 22.7 Å². The van der Waals surface area contributed by atoms with Gasteiger partial charge >= 0.3 is 0 Å². The molecule has 5 aromatic rings.